The van der Waals surface area contributed by atoms with Gasteiger partial charge in [0.05, 0.1) is 5.56 Å². The van der Waals surface area contributed by atoms with E-state index in [1.807, 2.05) is 36.4 Å². The number of nitrogens with two attached hydrogens (primary N) is 1. The molecular weight excluding hydrogens is 338 g/mol. The van der Waals surface area contributed by atoms with Gasteiger partial charge < -0.3 is 9.57 Å². The average Bonchev–Trinajstić information content (AvgIpc) is 2.64. The molecule has 4 nitrogen and oxygen atoms in total. The Bertz CT molecular complexity index is 1050. The van der Waals surface area contributed by atoms with Crippen LogP contribution in [0.15, 0.2) is 48.5 Å². The fourth-order valence-corrected chi connectivity index (χ4v) is 4.06. The maximum absolute atomic E-state index is 12.7. The van der Waals surface area contributed by atoms with Crippen LogP contribution in [0.4, 0.5) is 0 Å². The fraction of sp³-hybridized carbons (Fsp3) is 0.174. The van der Waals surface area contributed by atoms with Gasteiger partial charge in [0.15, 0.2) is 0 Å². The number of fused-ring (bicyclic) bond motifs is 2. The van der Waals surface area contributed by atoms with E-state index in [1.165, 1.54) is 5.56 Å². The highest BCUT2D eigenvalue weighted by molar-refractivity contribution is 6.00. The lowest BCUT2D eigenvalue weighted by atomic mass is 9.86. The molecule has 0 spiro atoms. The van der Waals surface area contributed by atoms with Crippen LogP contribution < -0.4 is 10.6 Å². The van der Waals surface area contributed by atoms with Crippen LogP contribution in [0.1, 0.15) is 38.2 Å². The molecule has 0 fully saturated rings. The Morgan fingerprint density at radius 1 is 1.00 bits per heavy atom. The third kappa shape index (κ3) is 2.88. The first kappa shape index (κ1) is 17.3. The fourth-order valence-electron chi connectivity index (χ4n) is 4.06. The van der Waals surface area contributed by atoms with Crippen molar-refractivity contribution in [3.05, 3.63) is 81.9 Å². The van der Waals surface area contributed by atoms with Crippen molar-refractivity contribution < 1.29 is 14.4 Å². The lowest BCUT2D eigenvalue weighted by Crippen LogP contribution is -2.17. The van der Waals surface area contributed by atoms with Crippen LogP contribution in [0.5, 0.6) is 11.5 Å². The van der Waals surface area contributed by atoms with Gasteiger partial charge in [-0.15, -0.1) is 0 Å². The molecule has 27 heavy (non-hydrogen) atoms. The lowest BCUT2D eigenvalue weighted by Gasteiger charge is -2.24. The molecule has 0 saturated carbocycles. The molecule has 0 bridgehead atoms. The second kappa shape index (κ2) is 6.56. The summed E-state index contributed by atoms with van der Waals surface area (Å²) in [6, 6.07) is 15.9. The highest BCUT2D eigenvalue weighted by atomic mass is 16.7. The van der Waals surface area contributed by atoms with Gasteiger partial charge in [-0.3, -0.25) is 0 Å². The molecule has 1 heterocycles. The Morgan fingerprint density at radius 3 is 2.41 bits per heavy atom. The van der Waals surface area contributed by atoms with E-state index in [-0.39, 0.29) is 0 Å². The number of hydrogen-bond donors (Lipinski definition) is 1. The standard InChI is InChI=1S/C23H21NO3/c1-13-10-14(2)21(15(3)11-13)17-8-9-20-18(22(17)23(25)27-24)12-16-6-4-5-7-19(16)26-20/h4-11H,12,24H2,1-3H3. The lowest BCUT2D eigenvalue weighted by molar-refractivity contribution is 0.0502. The summed E-state index contributed by atoms with van der Waals surface area (Å²) < 4.78 is 6.03. The summed E-state index contributed by atoms with van der Waals surface area (Å²) in [4.78, 5) is 17.3. The molecule has 136 valence electrons. The summed E-state index contributed by atoms with van der Waals surface area (Å²) in [6.45, 7) is 6.17. The second-order valence-corrected chi connectivity index (χ2v) is 7.03. The molecule has 0 atom stereocenters. The van der Waals surface area contributed by atoms with E-state index >= 15 is 0 Å². The molecule has 1 aliphatic rings. The van der Waals surface area contributed by atoms with E-state index in [9.17, 15) is 4.79 Å². The number of carbonyl (C=O) groups is 1. The molecule has 0 aromatic heterocycles. The van der Waals surface area contributed by atoms with Gasteiger partial charge in [0.1, 0.15) is 11.5 Å². The largest absolute Gasteiger partial charge is 0.457 e. The minimum Gasteiger partial charge on any atom is -0.457 e. The highest BCUT2D eigenvalue weighted by Crippen LogP contribution is 2.42. The molecule has 0 unspecified atom stereocenters. The van der Waals surface area contributed by atoms with Gasteiger partial charge in [0.25, 0.3) is 0 Å². The summed E-state index contributed by atoms with van der Waals surface area (Å²) in [5, 5.41) is 0. The molecular formula is C23H21NO3. The van der Waals surface area contributed by atoms with Crippen molar-refractivity contribution >= 4 is 5.97 Å². The number of rotatable bonds is 2. The van der Waals surface area contributed by atoms with Crippen molar-refractivity contribution in [3.63, 3.8) is 0 Å². The number of ether oxygens (including phenoxy) is 1. The summed E-state index contributed by atoms with van der Waals surface area (Å²) in [7, 11) is 0. The van der Waals surface area contributed by atoms with Crippen molar-refractivity contribution in [2.45, 2.75) is 27.2 Å². The van der Waals surface area contributed by atoms with Gasteiger partial charge in [-0.1, -0.05) is 35.9 Å². The first-order chi connectivity index (χ1) is 13.0. The van der Waals surface area contributed by atoms with Crippen molar-refractivity contribution in [2.24, 2.45) is 5.90 Å². The number of hydrogen-bond acceptors (Lipinski definition) is 4. The van der Waals surface area contributed by atoms with Crippen LogP contribution in [0, 0.1) is 20.8 Å². The Balaban J connectivity index is 1.97. The summed E-state index contributed by atoms with van der Waals surface area (Å²) in [6.07, 6.45) is 0.591. The zero-order chi connectivity index (χ0) is 19.1. The maximum atomic E-state index is 12.7. The van der Waals surface area contributed by atoms with Gasteiger partial charge in [-0.05, 0) is 66.8 Å². The summed E-state index contributed by atoms with van der Waals surface area (Å²) >= 11 is 0. The third-order valence-corrected chi connectivity index (χ3v) is 5.09. The van der Waals surface area contributed by atoms with Crippen LogP contribution in [0.3, 0.4) is 0 Å². The van der Waals surface area contributed by atoms with Crippen LogP contribution in [0.2, 0.25) is 0 Å². The summed E-state index contributed by atoms with van der Waals surface area (Å²) in [5.41, 5.74) is 7.56. The first-order valence-electron chi connectivity index (χ1n) is 8.90. The van der Waals surface area contributed by atoms with Crippen LogP contribution in [0.25, 0.3) is 11.1 Å². The molecule has 3 aromatic rings. The predicted molar refractivity (Wildman–Crippen MR) is 105 cm³/mol. The smallest absolute Gasteiger partial charge is 0.357 e. The normalized spacial score (nSPS) is 12.0. The predicted octanol–water partition coefficient (Wildman–Crippen LogP) is 5.01. The molecule has 0 aliphatic carbocycles. The molecule has 3 aromatic carbocycles. The van der Waals surface area contributed by atoms with Crippen LogP contribution in [-0.2, 0) is 11.3 Å². The number of para-hydroxylation sites is 1. The molecule has 0 radical (unpaired) electrons. The molecule has 4 heteroatoms. The van der Waals surface area contributed by atoms with E-state index in [2.05, 4.69) is 37.7 Å². The third-order valence-electron chi connectivity index (χ3n) is 5.09. The molecule has 4 rings (SSSR count). The Morgan fingerprint density at radius 2 is 1.70 bits per heavy atom. The Labute approximate surface area is 158 Å². The molecule has 0 saturated heterocycles. The van der Waals surface area contributed by atoms with E-state index in [1.54, 1.807) is 0 Å². The van der Waals surface area contributed by atoms with Crippen LogP contribution >= 0.6 is 0 Å². The van der Waals surface area contributed by atoms with E-state index in [0.717, 1.165) is 39.1 Å². The molecule has 2 N–H and O–H groups in total. The molecule has 1 aliphatic heterocycles. The quantitative estimate of drug-likeness (QED) is 0.511. The number of carbonyl (C=O) groups excluding carboxylic acids is 1. The number of aryl methyl sites for hydroxylation is 3. The summed E-state index contributed by atoms with van der Waals surface area (Å²) in [5.74, 6) is 6.22. The first-order valence-corrected chi connectivity index (χ1v) is 8.90. The highest BCUT2D eigenvalue weighted by Gasteiger charge is 2.27. The molecule has 0 amide bonds. The van der Waals surface area contributed by atoms with Gasteiger partial charge in [-0.2, -0.15) is 5.90 Å². The minimum absolute atomic E-state index is 0.472. The van der Waals surface area contributed by atoms with Crippen molar-refractivity contribution in [3.8, 4) is 22.6 Å². The van der Waals surface area contributed by atoms with Gasteiger partial charge >= 0.3 is 5.97 Å². The van der Waals surface area contributed by atoms with E-state index in [0.29, 0.717) is 17.7 Å². The maximum Gasteiger partial charge on any atom is 0.357 e. The van der Waals surface area contributed by atoms with Crippen LogP contribution in [-0.4, -0.2) is 5.97 Å². The van der Waals surface area contributed by atoms with E-state index < -0.39 is 5.97 Å². The van der Waals surface area contributed by atoms with Gasteiger partial charge in [0, 0.05) is 12.0 Å². The zero-order valence-corrected chi connectivity index (χ0v) is 15.6. The van der Waals surface area contributed by atoms with Crippen molar-refractivity contribution in [1.29, 1.82) is 0 Å². The Kier molecular flexibility index (Phi) is 4.21. The minimum atomic E-state index is -0.552. The zero-order valence-electron chi connectivity index (χ0n) is 15.6. The topological polar surface area (TPSA) is 61.5 Å². The van der Waals surface area contributed by atoms with E-state index in [4.69, 9.17) is 10.6 Å². The average molecular weight is 359 g/mol. The SMILES string of the molecule is Cc1cc(C)c(-c2ccc3c(c2C(=O)ON)Cc2ccccc2O3)c(C)c1. The van der Waals surface area contributed by atoms with Gasteiger partial charge in [-0.25, -0.2) is 4.79 Å². The van der Waals surface area contributed by atoms with Crippen molar-refractivity contribution in [2.75, 3.05) is 0 Å². The second-order valence-electron chi connectivity index (χ2n) is 7.03. The Hall–Kier alpha value is -3.11. The number of benzene rings is 3. The van der Waals surface area contributed by atoms with Crippen molar-refractivity contribution in [1.82, 2.24) is 0 Å². The monoisotopic (exact) mass is 359 g/mol. The van der Waals surface area contributed by atoms with Gasteiger partial charge in [0.2, 0.25) is 0 Å².